The van der Waals surface area contributed by atoms with Gasteiger partial charge in [0, 0.05) is 10.0 Å². The highest BCUT2D eigenvalue weighted by atomic mass is 79.9. The summed E-state index contributed by atoms with van der Waals surface area (Å²) in [7, 11) is 0. The number of hydrogen-bond acceptors (Lipinski definition) is 2. The molecule has 0 fully saturated rings. The van der Waals surface area contributed by atoms with Crippen molar-refractivity contribution in [2.75, 3.05) is 0 Å². The van der Waals surface area contributed by atoms with Crippen LogP contribution in [-0.4, -0.2) is 5.78 Å². The number of carbonyl (C=O) groups excluding carboxylic acids is 1. The van der Waals surface area contributed by atoms with Gasteiger partial charge in [-0.3, -0.25) is 4.79 Å². The van der Waals surface area contributed by atoms with Crippen molar-refractivity contribution in [2.45, 2.75) is 12.8 Å². The fourth-order valence-electron chi connectivity index (χ4n) is 1.93. The first-order valence-corrected chi connectivity index (χ1v) is 7.16. The Hall–Kier alpha value is -1.63. The van der Waals surface area contributed by atoms with Gasteiger partial charge in [0.2, 0.25) is 0 Å². The third-order valence-electron chi connectivity index (χ3n) is 3.05. The van der Waals surface area contributed by atoms with Crippen molar-refractivity contribution >= 4 is 33.3 Å². The molecule has 1 atom stereocenters. The van der Waals surface area contributed by atoms with Crippen molar-refractivity contribution in [3.05, 3.63) is 68.7 Å². The summed E-state index contributed by atoms with van der Waals surface area (Å²) in [6, 6.07) is 14.5. The molecule has 0 aliphatic rings. The molecule has 0 bridgehead atoms. The fraction of sp³-hybridized carbons (Fsp3) is 0.125. The summed E-state index contributed by atoms with van der Waals surface area (Å²) in [6.45, 7) is 1.83. The molecule has 20 heavy (non-hydrogen) atoms. The van der Waals surface area contributed by atoms with Crippen LogP contribution in [0.15, 0.2) is 46.9 Å². The summed E-state index contributed by atoms with van der Waals surface area (Å²) in [5.74, 6) is -1.12. The van der Waals surface area contributed by atoms with Crippen molar-refractivity contribution in [3.8, 4) is 6.07 Å². The van der Waals surface area contributed by atoms with Crippen LogP contribution in [0.3, 0.4) is 0 Å². The Kier molecular flexibility index (Phi) is 4.59. The second kappa shape index (κ2) is 6.21. The van der Waals surface area contributed by atoms with E-state index in [-0.39, 0.29) is 5.78 Å². The predicted molar refractivity (Wildman–Crippen MR) is 83.0 cm³/mol. The van der Waals surface area contributed by atoms with Crippen LogP contribution in [0.25, 0.3) is 0 Å². The number of nitrogens with zero attached hydrogens (tertiary/aromatic N) is 1. The summed E-state index contributed by atoms with van der Waals surface area (Å²) in [5.41, 5.74) is 1.88. The highest BCUT2D eigenvalue weighted by Crippen LogP contribution is 2.27. The summed E-state index contributed by atoms with van der Waals surface area (Å²) in [5, 5.41) is 9.73. The summed E-state index contributed by atoms with van der Waals surface area (Å²) >= 11 is 9.49. The number of halogens is 2. The maximum Gasteiger partial charge on any atom is 0.185 e. The van der Waals surface area contributed by atoms with Crippen LogP contribution in [-0.2, 0) is 0 Å². The van der Waals surface area contributed by atoms with Gasteiger partial charge in [-0.15, -0.1) is 0 Å². The lowest BCUT2D eigenvalue weighted by atomic mass is 9.91. The molecular formula is C16H11BrClNO. The molecule has 100 valence electrons. The Morgan fingerprint density at radius 1 is 1.25 bits per heavy atom. The molecule has 0 amide bonds. The Bertz CT molecular complexity index is 689. The molecule has 0 saturated carbocycles. The maximum atomic E-state index is 12.5. The molecule has 2 rings (SSSR count). The molecule has 0 saturated heterocycles. The normalized spacial score (nSPS) is 11.7. The van der Waals surface area contributed by atoms with Gasteiger partial charge in [0.25, 0.3) is 0 Å². The predicted octanol–water partition coefficient (Wildman–Crippen LogP) is 4.90. The van der Waals surface area contributed by atoms with Gasteiger partial charge in [0.05, 0.1) is 11.1 Å². The first-order chi connectivity index (χ1) is 9.54. The highest BCUT2D eigenvalue weighted by Gasteiger charge is 2.24. The maximum absolute atomic E-state index is 12.5. The lowest BCUT2D eigenvalue weighted by Gasteiger charge is -2.11. The first-order valence-electron chi connectivity index (χ1n) is 5.99. The number of benzene rings is 2. The van der Waals surface area contributed by atoms with Gasteiger partial charge in [0.1, 0.15) is 5.92 Å². The molecule has 0 aromatic heterocycles. The molecule has 2 aromatic rings. The van der Waals surface area contributed by atoms with Gasteiger partial charge in [-0.05, 0) is 36.2 Å². The van der Waals surface area contributed by atoms with Crippen LogP contribution in [0.1, 0.15) is 27.4 Å². The lowest BCUT2D eigenvalue weighted by molar-refractivity contribution is 0.0979. The third-order valence-corrected chi connectivity index (χ3v) is 4.08. The Labute approximate surface area is 131 Å². The molecule has 2 aromatic carbocycles. The molecule has 0 spiro atoms. The van der Waals surface area contributed by atoms with E-state index in [9.17, 15) is 10.1 Å². The van der Waals surface area contributed by atoms with Gasteiger partial charge in [-0.2, -0.15) is 5.26 Å². The van der Waals surface area contributed by atoms with Crippen LogP contribution in [0.4, 0.5) is 0 Å². The zero-order valence-electron chi connectivity index (χ0n) is 10.7. The standard InChI is InChI=1S/C16H11BrClNO/c1-10-3-2-4-13(15(10)18)16(20)14(9-19)11-5-7-12(17)8-6-11/h2-8,14H,1H3. The van der Waals surface area contributed by atoms with Gasteiger partial charge < -0.3 is 0 Å². The van der Waals surface area contributed by atoms with E-state index >= 15 is 0 Å². The van der Waals surface area contributed by atoms with Gasteiger partial charge in [0.15, 0.2) is 5.78 Å². The third kappa shape index (κ3) is 2.92. The number of carbonyl (C=O) groups is 1. The van der Waals surface area contributed by atoms with Crippen LogP contribution in [0.2, 0.25) is 5.02 Å². The smallest absolute Gasteiger partial charge is 0.185 e. The Morgan fingerprint density at radius 3 is 2.50 bits per heavy atom. The number of aryl methyl sites for hydroxylation is 1. The topological polar surface area (TPSA) is 40.9 Å². The first kappa shape index (κ1) is 14.8. The van der Waals surface area contributed by atoms with E-state index in [2.05, 4.69) is 22.0 Å². The van der Waals surface area contributed by atoms with Gasteiger partial charge in [-0.1, -0.05) is 51.8 Å². The van der Waals surface area contributed by atoms with Crippen LogP contribution >= 0.6 is 27.5 Å². The van der Waals surface area contributed by atoms with E-state index in [4.69, 9.17) is 11.6 Å². The molecule has 2 nitrogen and oxygen atoms in total. The summed E-state index contributed by atoms with van der Waals surface area (Å²) in [6.07, 6.45) is 0. The number of rotatable bonds is 3. The zero-order chi connectivity index (χ0) is 14.7. The highest BCUT2D eigenvalue weighted by molar-refractivity contribution is 9.10. The van der Waals surface area contributed by atoms with Crippen molar-refractivity contribution in [3.63, 3.8) is 0 Å². The molecule has 0 N–H and O–H groups in total. The molecule has 4 heteroatoms. The van der Waals surface area contributed by atoms with E-state index in [0.717, 1.165) is 10.0 Å². The van der Waals surface area contributed by atoms with Crippen molar-refractivity contribution < 1.29 is 4.79 Å². The zero-order valence-corrected chi connectivity index (χ0v) is 13.1. The lowest BCUT2D eigenvalue weighted by Crippen LogP contribution is -2.12. The van der Waals surface area contributed by atoms with Gasteiger partial charge in [-0.25, -0.2) is 0 Å². The molecule has 0 aliphatic carbocycles. The average molecular weight is 349 g/mol. The van der Waals surface area contributed by atoms with Crippen molar-refractivity contribution in [1.82, 2.24) is 0 Å². The van der Waals surface area contributed by atoms with E-state index < -0.39 is 5.92 Å². The Balaban J connectivity index is 2.42. The molecule has 0 aliphatic heterocycles. The Morgan fingerprint density at radius 2 is 1.90 bits per heavy atom. The second-order valence-electron chi connectivity index (χ2n) is 4.41. The number of hydrogen-bond donors (Lipinski definition) is 0. The minimum Gasteiger partial charge on any atom is -0.292 e. The minimum absolute atomic E-state index is 0.275. The van der Waals surface area contributed by atoms with Crippen molar-refractivity contribution in [2.24, 2.45) is 0 Å². The number of ketones is 1. The largest absolute Gasteiger partial charge is 0.292 e. The van der Waals surface area contributed by atoms with Crippen LogP contribution in [0.5, 0.6) is 0 Å². The van der Waals surface area contributed by atoms with Crippen molar-refractivity contribution in [1.29, 1.82) is 5.26 Å². The summed E-state index contributed by atoms with van der Waals surface area (Å²) in [4.78, 5) is 12.5. The SMILES string of the molecule is Cc1cccc(C(=O)C(C#N)c2ccc(Br)cc2)c1Cl. The average Bonchev–Trinajstić information content (AvgIpc) is 2.44. The number of Topliss-reactive ketones (excluding diaryl/α,β-unsaturated/α-hetero) is 1. The van der Waals surface area contributed by atoms with Crippen LogP contribution < -0.4 is 0 Å². The minimum atomic E-state index is -0.845. The monoisotopic (exact) mass is 347 g/mol. The fourth-order valence-corrected chi connectivity index (χ4v) is 2.42. The van der Waals surface area contributed by atoms with E-state index in [0.29, 0.717) is 16.1 Å². The van der Waals surface area contributed by atoms with E-state index in [1.807, 2.05) is 25.1 Å². The second-order valence-corrected chi connectivity index (χ2v) is 5.71. The van der Waals surface area contributed by atoms with E-state index in [1.54, 1.807) is 24.3 Å². The molecule has 1 unspecified atom stereocenters. The van der Waals surface area contributed by atoms with Crippen LogP contribution in [0, 0.1) is 18.3 Å². The van der Waals surface area contributed by atoms with E-state index in [1.165, 1.54) is 0 Å². The molecule has 0 heterocycles. The number of nitriles is 1. The quantitative estimate of drug-likeness (QED) is 0.740. The molecular weight excluding hydrogens is 338 g/mol. The van der Waals surface area contributed by atoms with Gasteiger partial charge >= 0.3 is 0 Å². The molecule has 0 radical (unpaired) electrons. The summed E-state index contributed by atoms with van der Waals surface area (Å²) < 4.78 is 0.902.